The highest BCUT2D eigenvalue weighted by atomic mass is 35.5. The molecule has 0 aromatic heterocycles. The molecule has 0 aliphatic carbocycles. The van der Waals surface area contributed by atoms with E-state index in [1.165, 1.54) is 11.8 Å². The maximum atomic E-state index is 12.4. The molecular formula is C20H20ClNO3S. The van der Waals surface area contributed by atoms with E-state index >= 15 is 0 Å². The van der Waals surface area contributed by atoms with Gasteiger partial charge < -0.3 is 14.8 Å². The summed E-state index contributed by atoms with van der Waals surface area (Å²) in [6.07, 6.45) is 5.23. The minimum Gasteiger partial charge on any atom is -0.493 e. The third kappa shape index (κ3) is 5.62. The topological polar surface area (TPSA) is 47.6 Å². The first-order chi connectivity index (χ1) is 12.5. The average molecular weight is 390 g/mol. The Labute approximate surface area is 163 Å². The number of ether oxygens (including phenoxy) is 2. The van der Waals surface area contributed by atoms with Gasteiger partial charge in [-0.1, -0.05) is 35.7 Å². The Morgan fingerprint density at radius 1 is 1.31 bits per heavy atom. The van der Waals surface area contributed by atoms with Crippen molar-refractivity contribution in [3.63, 3.8) is 0 Å². The highest BCUT2D eigenvalue weighted by Crippen LogP contribution is 2.30. The number of carbonyl (C=O) groups excluding carboxylic acids is 1. The molecule has 0 aliphatic heterocycles. The van der Waals surface area contributed by atoms with Crippen LogP contribution < -0.4 is 14.8 Å². The Kier molecular flexibility index (Phi) is 7.71. The monoisotopic (exact) mass is 389 g/mol. The van der Waals surface area contributed by atoms with Crippen LogP contribution in [0.3, 0.4) is 0 Å². The van der Waals surface area contributed by atoms with Gasteiger partial charge in [0.25, 0.3) is 0 Å². The number of methoxy groups -OCH3 is 1. The summed E-state index contributed by atoms with van der Waals surface area (Å²) in [5.41, 5.74) is 0.890. The number of nitrogens with one attached hydrogen (secondary N) is 1. The first kappa shape index (κ1) is 20.0. The van der Waals surface area contributed by atoms with E-state index in [1.807, 2.05) is 43.3 Å². The molecule has 26 heavy (non-hydrogen) atoms. The minimum atomic E-state index is -0.273. The largest absolute Gasteiger partial charge is 0.493 e. The van der Waals surface area contributed by atoms with Crippen LogP contribution in [0.1, 0.15) is 12.5 Å². The summed E-state index contributed by atoms with van der Waals surface area (Å²) < 4.78 is 10.7. The van der Waals surface area contributed by atoms with Crippen LogP contribution in [-0.4, -0.2) is 24.9 Å². The smallest absolute Gasteiger partial charge is 0.233 e. The second-order valence-corrected chi connectivity index (χ2v) is 7.18. The Hall–Kier alpha value is -2.29. The molecule has 0 saturated carbocycles. The predicted molar refractivity (Wildman–Crippen MR) is 106 cm³/mol. The van der Waals surface area contributed by atoms with Crippen molar-refractivity contribution in [2.45, 2.75) is 23.6 Å². The molecule has 0 radical (unpaired) electrons. The zero-order valence-corrected chi connectivity index (χ0v) is 16.2. The van der Waals surface area contributed by atoms with Crippen molar-refractivity contribution < 1.29 is 14.3 Å². The van der Waals surface area contributed by atoms with Crippen LogP contribution in [0.15, 0.2) is 47.4 Å². The lowest BCUT2D eigenvalue weighted by Crippen LogP contribution is -2.30. The standard InChI is InChI=1S/C20H20ClNO3S/c1-4-11-25-18-12-15(9-10-17(18)24-3)13-22-20(23)14(2)26-19-8-6-5-7-16(19)21/h1,5-10,12,14H,11,13H2,2-3H3,(H,22,23). The van der Waals surface area contributed by atoms with Crippen molar-refractivity contribution in [2.75, 3.05) is 13.7 Å². The van der Waals surface area contributed by atoms with Gasteiger partial charge in [-0.05, 0) is 36.8 Å². The van der Waals surface area contributed by atoms with Crippen LogP contribution >= 0.6 is 23.4 Å². The molecule has 0 bridgehead atoms. The van der Waals surface area contributed by atoms with E-state index in [1.54, 1.807) is 13.2 Å². The van der Waals surface area contributed by atoms with Gasteiger partial charge in [0, 0.05) is 11.4 Å². The fourth-order valence-corrected chi connectivity index (χ4v) is 3.36. The maximum Gasteiger partial charge on any atom is 0.233 e. The lowest BCUT2D eigenvalue weighted by molar-refractivity contribution is -0.120. The van der Waals surface area contributed by atoms with Gasteiger partial charge in [-0.3, -0.25) is 4.79 Å². The van der Waals surface area contributed by atoms with Gasteiger partial charge in [-0.15, -0.1) is 18.2 Å². The number of hydrogen-bond acceptors (Lipinski definition) is 4. The van der Waals surface area contributed by atoms with Crippen molar-refractivity contribution in [3.05, 3.63) is 53.1 Å². The van der Waals surface area contributed by atoms with E-state index in [0.717, 1.165) is 10.5 Å². The van der Waals surface area contributed by atoms with Gasteiger partial charge in [-0.25, -0.2) is 0 Å². The molecule has 1 amide bonds. The van der Waals surface area contributed by atoms with Crippen molar-refractivity contribution in [1.29, 1.82) is 0 Å². The van der Waals surface area contributed by atoms with Gasteiger partial charge in [0.15, 0.2) is 11.5 Å². The first-order valence-corrected chi connectivity index (χ1v) is 9.23. The third-order valence-corrected chi connectivity index (χ3v) is 5.13. The molecule has 0 heterocycles. The molecule has 0 saturated heterocycles. The molecule has 1 N–H and O–H groups in total. The molecular weight excluding hydrogens is 370 g/mol. The summed E-state index contributed by atoms with van der Waals surface area (Å²) in [4.78, 5) is 13.2. The number of carbonyl (C=O) groups is 1. The van der Waals surface area contributed by atoms with E-state index in [2.05, 4.69) is 11.2 Å². The first-order valence-electron chi connectivity index (χ1n) is 7.97. The van der Waals surface area contributed by atoms with Crippen LogP contribution in [0, 0.1) is 12.3 Å². The van der Waals surface area contributed by atoms with Crippen molar-refractivity contribution in [1.82, 2.24) is 5.32 Å². The molecule has 6 heteroatoms. The van der Waals surface area contributed by atoms with Crippen LogP contribution in [0.5, 0.6) is 11.5 Å². The molecule has 2 rings (SSSR count). The van der Waals surface area contributed by atoms with E-state index in [0.29, 0.717) is 23.1 Å². The molecule has 2 aromatic rings. The second kappa shape index (κ2) is 10.0. The summed E-state index contributed by atoms with van der Waals surface area (Å²) in [6.45, 7) is 2.37. The van der Waals surface area contributed by atoms with Crippen molar-refractivity contribution in [3.8, 4) is 23.8 Å². The molecule has 4 nitrogen and oxygen atoms in total. The number of rotatable bonds is 8. The summed E-state index contributed by atoms with van der Waals surface area (Å²) in [6, 6.07) is 12.9. The van der Waals surface area contributed by atoms with E-state index in [4.69, 9.17) is 27.5 Å². The molecule has 0 spiro atoms. The van der Waals surface area contributed by atoms with E-state index in [-0.39, 0.29) is 17.8 Å². The highest BCUT2D eigenvalue weighted by molar-refractivity contribution is 8.00. The van der Waals surface area contributed by atoms with Gasteiger partial charge >= 0.3 is 0 Å². The van der Waals surface area contributed by atoms with Crippen molar-refractivity contribution in [2.24, 2.45) is 0 Å². The minimum absolute atomic E-state index is 0.0724. The number of thioether (sulfide) groups is 1. The zero-order chi connectivity index (χ0) is 18.9. The van der Waals surface area contributed by atoms with E-state index < -0.39 is 0 Å². The molecule has 136 valence electrons. The number of benzene rings is 2. The van der Waals surface area contributed by atoms with Gasteiger partial charge in [-0.2, -0.15) is 0 Å². The fraction of sp³-hybridized carbons (Fsp3) is 0.250. The third-order valence-electron chi connectivity index (χ3n) is 3.52. The number of amides is 1. The fourth-order valence-electron chi connectivity index (χ4n) is 2.18. The highest BCUT2D eigenvalue weighted by Gasteiger charge is 2.16. The Morgan fingerprint density at radius 3 is 2.77 bits per heavy atom. The average Bonchev–Trinajstić information content (AvgIpc) is 2.66. The van der Waals surface area contributed by atoms with E-state index in [9.17, 15) is 4.79 Å². The molecule has 1 unspecified atom stereocenters. The second-order valence-electron chi connectivity index (χ2n) is 5.39. The van der Waals surface area contributed by atoms with Crippen LogP contribution in [0.4, 0.5) is 0 Å². The summed E-state index contributed by atoms with van der Waals surface area (Å²) in [5, 5.41) is 3.29. The van der Waals surface area contributed by atoms with Crippen LogP contribution in [0.25, 0.3) is 0 Å². The Morgan fingerprint density at radius 2 is 2.08 bits per heavy atom. The number of terminal acetylenes is 1. The summed E-state index contributed by atoms with van der Waals surface area (Å²) >= 11 is 7.56. The zero-order valence-electron chi connectivity index (χ0n) is 14.6. The SMILES string of the molecule is C#CCOc1cc(CNC(=O)C(C)Sc2ccccc2Cl)ccc1OC. The lowest BCUT2D eigenvalue weighted by atomic mass is 10.2. The normalized spacial score (nSPS) is 11.3. The lowest BCUT2D eigenvalue weighted by Gasteiger charge is -2.14. The maximum absolute atomic E-state index is 12.4. The molecule has 2 aromatic carbocycles. The Bertz CT molecular complexity index is 804. The Balaban J connectivity index is 1.96. The molecule has 0 aliphatic rings. The van der Waals surface area contributed by atoms with Crippen molar-refractivity contribution >= 4 is 29.3 Å². The summed E-state index contributed by atoms with van der Waals surface area (Å²) in [7, 11) is 1.56. The van der Waals surface area contributed by atoms with Gasteiger partial charge in [0.1, 0.15) is 6.61 Å². The van der Waals surface area contributed by atoms with Crippen LogP contribution in [0.2, 0.25) is 5.02 Å². The van der Waals surface area contributed by atoms with Gasteiger partial charge in [0.05, 0.1) is 17.4 Å². The predicted octanol–water partition coefficient (Wildman–Crippen LogP) is 4.16. The number of halogens is 1. The van der Waals surface area contributed by atoms with Crippen LogP contribution in [-0.2, 0) is 11.3 Å². The quantitative estimate of drug-likeness (QED) is 0.544. The molecule has 1 atom stereocenters. The summed E-state index contributed by atoms with van der Waals surface area (Å²) in [5.74, 6) is 3.49. The number of hydrogen-bond donors (Lipinski definition) is 1. The molecule has 0 fully saturated rings. The van der Waals surface area contributed by atoms with Gasteiger partial charge in [0.2, 0.25) is 5.91 Å².